The highest BCUT2D eigenvalue weighted by atomic mass is 35.5. The molecule has 20 heavy (non-hydrogen) atoms. The molecule has 1 atom stereocenters. The van der Waals surface area contributed by atoms with E-state index >= 15 is 0 Å². The standard InChI is InChI=1S/C14H18ClN3O2/c1-10(16)14(20)18-6-5-17(13(19)9-18)8-11-3-2-4-12(15)7-11/h2-4,7,10H,5-6,8-9,16H2,1H3/t10-/m1/s1. The van der Waals surface area contributed by atoms with Crippen molar-refractivity contribution < 1.29 is 9.59 Å². The minimum absolute atomic E-state index is 0.0646. The van der Waals surface area contributed by atoms with Crippen molar-refractivity contribution in [3.05, 3.63) is 34.9 Å². The van der Waals surface area contributed by atoms with Crippen LogP contribution >= 0.6 is 11.6 Å². The number of rotatable bonds is 3. The van der Waals surface area contributed by atoms with Gasteiger partial charge in [-0.3, -0.25) is 9.59 Å². The van der Waals surface area contributed by atoms with E-state index in [0.717, 1.165) is 5.56 Å². The van der Waals surface area contributed by atoms with Gasteiger partial charge >= 0.3 is 0 Å². The summed E-state index contributed by atoms with van der Waals surface area (Å²) in [5.74, 6) is -0.244. The Morgan fingerprint density at radius 1 is 1.45 bits per heavy atom. The minimum atomic E-state index is -0.567. The smallest absolute Gasteiger partial charge is 0.242 e. The van der Waals surface area contributed by atoms with Crippen LogP contribution in [0.15, 0.2) is 24.3 Å². The van der Waals surface area contributed by atoms with Crippen LogP contribution in [0, 0.1) is 0 Å². The van der Waals surface area contributed by atoms with E-state index in [-0.39, 0.29) is 18.4 Å². The number of nitrogens with zero attached hydrogens (tertiary/aromatic N) is 2. The van der Waals surface area contributed by atoms with E-state index in [0.29, 0.717) is 24.7 Å². The Morgan fingerprint density at radius 3 is 2.80 bits per heavy atom. The minimum Gasteiger partial charge on any atom is -0.335 e. The molecule has 1 saturated heterocycles. The van der Waals surface area contributed by atoms with E-state index in [1.807, 2.05) is 18.2 Å². The van der Waals surface area contributed by atoms with Gasteiger partial charge in [0, 0.05) is 24.7 Å². The maximum Gasteiger partial charge on any atom is 0.242 e. The molecule has 0 unspecified atom stereocenters. The highest BCUT2D eigenvalue weighted by molar-refractivity contribution is 6.30. The highest BCUT2D eigenvalue weighted by Crippen LogP contribution is 2.14. The monoisotopic (exact) mass is 295 g/mol. The third kappa shape index (κ3) is 3.49. The average Bonchev–Trinajstić information content (AvgIpc) is 2.40. The maximum absolute atomic E-state index is 12.1. The predicted octanol–water partition coefficient (Wildman–Crippen LogP) is 0.858. The maximum atomic E-state index is 12.1. The van der Waals surface area contributed by atoms with Crippen LogP contribution in [0.25, 0.3) is 0 Å². The third-order valence-electron chi connectivity index (χ3n) is 3.28. The lowest BCUT2D eigenvalue weighted by molar-refractivity contribution is -0.146. The molecular weight excluding hydrogens is 278 g/mol. The lowest BCUT2D eigenvalue weighted by Gasteiger charge is -2.35. The zero-order chi connectivity index (χ0) is 14.7. The summed E-state index contributed by atoms with van der Waals surface area (Å²) in [4.78, 5) is 27.1. The van der Waals surface area contributed by atoms with Gasteiger partial charge in [0.25, 0.3) is 0 Å². The van der Waals surface area contributed by atoms with Crippen molar-refractivity contribution in [2.75, 3.05) is 19.6 Å². The zero-order valence-electron chi connectivity index (χ0n) is 11.4. The van der Waals surface area contributed by atoms with Crippen molar-refractivity contribution >= 4 is 23.4 Å². The number of benzene rings is 1. The van der Waals surface area contributed by atoms with Crippen LogP contribution in [0.3, 0.4) is 0 Å². The van der Waals surface area contributed by atoms with E-state index in [9.17, 15) is 9.59 Å². The fourth-order valence-corrected chi connectivity index (χ4v) is 2.42. The van der Waals surface area contributed by atoms with Crippen molar-refractivity contribution in [1.29, 1.82) is 0 Å². The molecule has 2 N–H and O–H groups in total. The summed E-state index contributed by atoms with van der Waals surface area (Å²) >= 11 is 5.93. The summed E-state index contributed by atoms with van der Waals surface area (Å²) in [5.41, 5.74) is 6.54. The quantitative estimate of drug-likeness (QED) is 0.899. The van der Waals surface area contributed by atoms with Crippen LogP contribution in [0.2, 0.25) is 5.02 Å². The second-order valence-corrected chi connectivity index (χ2v) is 5.43. The molecule has 2 rings (SSSR count). The fraction of sp³-hybridized carbons (Fsp3) is 0.429. The average molecular weight is 296 g/mol. The molecule has 1 fully saturated rings. The first kappa shape index (κ1) is 14.8. The Kier molecular flexibility index (Phi) is 4.62. The Labute approximate surface area is 123 Å². The van der Waals surface area contributed by atoms with E-state index in [4.69, 9.17) is 17.3 Å². The zero-order valence-corrected chi connectivity index (χ0v) is 12.1. The van der Waals surface area contributed by atoms with Crippen LogP contribution in [-0.4, -0.2) is 47.3 Å². The van der Waals surface area contributed by atoms with Crippen LogP contribution in [0.4, 0.5) is 0 Å². The van der Waals surface area contributed by atoms with Crippen molar-refractivity contribution in [2.24, 2.45) is 5.73 Å². The molecule has 0 aliphatic carbocycles. The van der Waals surface area contributed by atoms with Crippen LogP contribution < -0.4 is 5.73 Å². The van der Waals surface area contributed by atoms with Gasteiger partial charge in [-0.1, -0.05) is 23.7 Å². The number of hydrogen-bond acceptors (Lipinski definition) is 3. The Hall–Kier alpha value is -1.59. The molecule has 108 valence electrons. The predicted molar refractivity (Wildman–Crippen MR) is 77.1 cm³/mol. The molecule has 0 spiro atoms. The SMILES string of the molecule is C[C@@H](N)C(=O)N1CCN(Cc2cccc(Cl)c2)C(=O)C1. The van der Waals surface area contributed by atoms with Gasteiger partial charge in [0.2, 0.25) is 11.8 Å². The summed E-state index contributed by atoms with van der Waals surface area (Å²) in [6.07, 6.45) is 0. The Bertz CT molecular complexity index is 519. The molecule has 5 nitrogen and oxygen atoms in total. The van der Waals surface area contributed by atoms with Gasteiger partial charge in [-0.2, -0.15) is 0 Å². The molecule has 1 aromatic carbocycles. The molecule has 0 aromatic heterocycles. The van der Waals surface area contributed by atoms with Gasteiger partial charge in [-0.05, 0) is 24.6 Å². The number of nitrogens with two attached hydrogens (primary N) is 1. The molecule has 1 aliphatic heterocycles. The van der Waals surface area contributed by atoms with Crippen molar-refractivity contribution in [1.82, 2.24) is 9.80 Å². The lowest BCUT2D eigenvalue weighted by Crippen LogP contribution is -2.54. The van der Waals surface area contributed by atoms with E-state index < -0.39 is 6.04 Å². The van der Waals surface area contributed by atoms with E-state index in [1.54, 1.807) is 17.9 Å². The van der Waals surface area contributed by atoms with E-state index in [2.05, 4.69) is 0 Å². The third-order valence-corrected chi connectivity index (χ3v) is 3.52. The summed E-state index contributed by atoms with van der Waals surface area (Å²) in [6.45, 7) is 3.28. The second kappa shape index (κ2) is 6.24. The molecule has 0 radical (unpaired) electrons. The molecule has 6 heteroatoms. The summed E-state index contributed by atoms with van der Waals surface area (Å²) in [6, 6.07) is 6.86. The van der Waals surface area contributed by atoms with Gasteiger partial charge in [0.05, 0.1) is 12.6 Å². The molecule has 1 aliphatic rings. The topological polar surface area (TPSA) is 66.6 Å². The van der Waals surface area contributed by atoms with E-state index in [1.165, 1.54) is 4.90 Å². The van der Waals surface area contributed by atoms with Gasteiger partial charge in [0.15, 0.2) is 0 Å². The van der Waals surface area contributed by atoms with Gasteiger partial charge in [-0.15, -0.1) is 0 Å². The normalized spacial score (nSPS) is 17.2. The number of hydrogen-bond donors (Lipinski definition) is 1. The van der Waals surface area contributed by atoms with Crippen LogP contribution in [0.1, 0.15) is 12.5 Å². The van der Waals surface area contributed by atoms with Gasteiger partial charge in [0.1, 0.15) is 0 Å². The highest BCUT2D eigenvalue weighted by Gasteiger charge is 2.28. The Morgan fingerprint density at radius 2 is 2.20 bits per heavy atom. The van der Waals surface area contributed by atoms with Crippen LogP contribution in [-0.2, 0) is 16.1 Å². The number of carbonyl (C=O) groups is 2. The second-order valence-electron chi connectivity index (χ2n) is 4.99. The van der Waals surface area contributed by atoms with Crippen molar-refractivity contribution in [3.63, 3.8) is 0 Å². The first-order chi connectivity index (χ1) is 9.47. The Balaban J connectivity index is 1.97. The van der Waals surface area contributed by atoms with Gasteiger partial charge in [-0.25, -0.2) is 0 Å². The molecule has 0 saturated carbocycles. The first-order valence-electron chi connectivity index (χ1n) is 6.54. The lowest BCUT2D eigenvalue weighted by atomic mass is 10.2. The van der Waals surface area contributed by atoms with Gasteiger partial charge < -0.3 is 15.5 Å². The number of amides is 2. The fourth-order valence-electron chi connectivity index (χ4n) is 2.21. The molecule has 1 heterocycles. The summed E-state index contributed by atoms with van der Waals surface area (Å²) < 4.78 is 0. The summed E-state index contributed by atoms with van der Waals surface area (Å²) in [7, 11) is 0. The van der Waals surface area contributed by atoms with Crippen LogP contribution in [0.5, 0.6) is 0 Å². The molecule has 0 bridgehead atoms. The molecule has 2 amide bonds. The van der Waals surface area contributed by atoms with Crippen molar-refractivity contribution in [3.8, 4) is 0 Å². The summed E-state index contributed by atoms with van der Waals surface area (Å²) in [5, 5.41) is 0.653. The largest absolute Gasteiger partial charge is 0.335 e. The number of carbonyl (C=O) groups excluding carboxylic acids is 2. The number of piperazine rings is 1. The first-order valence-corrected chi connectivity index (χ1v) is 6.92. The van der Waals surface area contributed by atoms with Crippen molar-refractivity contribution in [2.45, 2.75) is 19.5 Å². The number of halogens is 1. The molecular formula is C14H18ClN3O2. The molecule has 1 aromatic rings.